The zero-order valence-corrected chi connectivity index (χ0v) is 16.4. The summed E-state index contributed by atoms with van der Waals surface area (Å²) >= 11 is 0. The molecule has 2 atom stereocenters. The maximum atomic E-state index is 12.6. The Morgan fingerprint density at radius 3 is 2.67 bits per heavy atom. The number of aromatic nitrogens is 5. The van der Waals surface area contributed by atoms with Crippen molar-refractivity contribution in [2.45, 2.75) is 38.3 Å². The summed E-state index contributed by atoms with van der Waals surface area (Å²) < 4.78 is 6.85. The average molecular weight is 403 g/mol. The van der Waals surface area contributed by atoms with Gasteiger partial charge in [0.1, 0.15) is 11.4 Å². The molecular formula is C21H21N7O2. The minimum Gasteiger partial charge on any atom is -0.464 e. The maximum Gasteiger partial charge on any atom is 0.266 e. The van der Waals surface area contributed by atoms with Gasteiger partial charge in [0.05, 0.1) is 35.4 Å². The van der Waals surface area contributed by atoms with Gasteiger partial charge in [-0.05, 0) is 50.5 Å². The summed E-state index contributed by atoms with van der Waals surface area (Å²) in [6, 6.07) is 7.85. The molecule has 4 heterocycles. The van der Waals surface area contributed by atoms with Crippen molar-refractivity contribution < 1.29 is 4.42 Å². The number of anilines is 2. The number of aryl methyl sites for hydroxylation is 1. The molecule has 9 heteroatoms. The molecule has 9 nitrogen and oxygen atoms in total. The normalized spacial score (nSPS) is 18.6. The number of furan rings is 1. The number of rotatable bonds is 5. The molecule has 5 rings (SSSR count). The van der Waals surface area contributed by atoms with Gasteiger partial charge in [-0.25, -0.2) is 9.97 Å². The molecule has 0 amide bonds. The molecule has 2 N–H and O–H groups in total. The van der Waals surface area contributed by atoms with Crippen molar-refractivity contribution in [3.8, 4) is 5.69 Å². The van der Waals surface area contributed by atoms with Crippen LogP contribution in [0.15, 0.2) is 58.3 Å². The van der Waals surface area contributed by atoms with Crippen molar-refractivity contribution in [2.75, 3.05) is 10.6 Å². The van der Waals surface area contributed by atoms with Crippen LogP contribution in [-0.4, -0.2) is 36.8 Å². The Bertz CT molecular complexity index is 1210. The van der Waals surface area contributed by atoms with E-state index in [0.29, 0.717) is 34.7 Å². The lowest BCUT2D eigenvalue weighted by molar-refractivity contribution is 0.615. The first-order chi connectivity index (χ1) is 14.7. The zero-order valence-electron chi connectivity index (χ0n) is 16.4. The van der Waals surface area contributed by atoms with Crippen LogP contribution in [0.4, 0.5) is 11.8 Å². The van der Waals surface area contributed by atoms with Crippen molar-refractivity contribution in [1.29, 1.82) is 0 Å². The van der Waals surface area contributed by atoms with Crippen LogP contribution in [0, 0.1) is 6.92 Å². The molecular weight excluding hydrogens is 382 g/mol. The van der Waals surface area contributed by atoms with Crippen LogP contribution in [-0.2, 0) is 0 Å². The van der Waals surface area contributed by atoms with E-state index in [2.05, 4.69) is 30.8 Å². The molecule has 4 aromatic heterocycles. The SMILES string of the molecule is Cc1cnc(N[C@H]2CC[C@H](Nc3ccc(-n4ccc5occc5c4=O)cn3)C2)nn1. The molecule has 30 heavy (non-hydrogen) atoms. The maximum absolute atomic E-state index is 12.6. The monoisotopic (exact) mass is 403 g/mol. The molecule has 0 bridgehead atoms. The molecule has 0 saturated heterocycles. The first-order valence-electron chi connectivity index (χ1n) is 9.90. The largest absolute Gasteiger partial charge is 0.464 e. The molecule has 0 aliphatic heterocycles. The van der Waals surface area contributed by atoms with Gasteiger partial charge in [-0.2, -0.15) is 5.10 Å². The Labute approximate surface area is 172 Å². The van der Waals surface area contributed by atoms with E-state index in [4.69, 9.17) is 4.42 Å². The standard InChI is InChI=1S/C21H21N7O2/c1-13-11-23-21(27-26-13)25-15-3-2-14(10-15)24-19-5-4-16(12-22-19)28-8-6-18-17(20(28)29)7-9-30-18/h4-9,11-12,14-15H,2-3,10H2,1H3,(H,22,24)(H,23,25,27)/t14-,15-/m0/s1. The highest BCUT2D eigenvalue weighted by Crippen LogP contribution is 2.24. The van der Waals surface area contributed by atoms with E-state index in [0.717, 1.165) is 30.8 Å². The summed E-state index contributed by atoms with van der Waals surface area (Å²) in [6.07, 6.45) is 9.62. The quantitative estimate of drug-likeness (QED) is 0.523. The summed E-state index contributed by atoms with van der Waals surface area (Å²) in [5.41, 5.74) is 1.97. The molecule has 1 aliphatic rings. The number of hydrogen-bond donors (Lipinski definition) is 2. The van der Waals surface area contributed by atoms with Gasteiger partial charge in [-0.15, -0.1) is 5.10 Å². The lowest BCUT2D eigenvalue weighted by Crippen LogP contribution is -2.22. The second-order valence-corrected chi connectivity index (χ2v) is 7.51. The summed E-state index contributed by atoms with van der Waals surface area (Å²) in [6.45, 7) is 1.86. The topological polar surface area (TPSA) is 111 Å². The summed E-state index contributed by atoms with van der Waals surface area (Å²) in [5, 5.41) is 15.5. The van der Waals surface area contributed by atoms with E-state index in [-0.39, 0.29) is 5.56 Å². The number of hydrogen-bond acceptors (Lipinski definition) is 8. The van der Waals surface area contributed by atoms with Gasteiger partial charge in [0.2, 0.25) is 5.95 Å². The molecule has 1 saturated carbocycles. The zero-order chi connectivity index (χ0) is 20.5. The fourth-order valence-electron chi connectivity index (χ4n) is 3.82. The Morgan fingerprint density at radius 2 is 1.90 bits per heavy atom. The first kappa shape index (κ1) is 18.3. The Kier molecular flexibility index (Phi) is 4.62. The van der Waals surface area contributed by atoms with E-state index in [9.17, 15) is 4.79 Å². The molecule has 152 valence electrons. The van der Waals surface area contributed by atoms with Crippen LogP contribution in [0.1, 0.15) is 25.0 Å². The Balaban J connectivity index is 1.23. The number of fused-ring (bicyclic) bond motifs is 1. The Morgan fingerprint density at radius 1 is 1.03 bits per heavy atom. The van der Waals surface area contributed by atoms with Crippen LogP contribution in [0.5, 0.6) is 0 Å². The third kappa shape index (κ3) is 3.61. The summed E-state index contributed by atoms with van der Waals surface area (Å²) in [5.74, 6) is 1.35. The second-order valence-electron chi connectivity index (χ2n) is 7.51. The van der Waals surface area contributed by atoms with Gasteiger partial charge >= 0.3 is 0 Å². The van der Waals surface area contributed by atoms with Crippen molar-refractivity contribution in [3.05, 3.63) is 65.2 Å². The third-order valence-corrected chi connectivity index (χ3v) is 5.34. The Hall–Kier alpha value is -3.75. The van der Waals surface area contributed by atoms with Crippen molar-refractivity contribution >= 4 is 22.7 Å². The van der Waals surface area contributed by atoms with Crippen molar-refractivity contribution in [2.24, 2.45) is 0 Å². The minimum absolute atomic E-state index is 0.124. The second kappa shape index (κ2) is 7.58. The van der Waals surface area contributed by atoms with E-state index < -0.39 is 0 Å². The minimum atomic E-state index is -0.124. The van der Waals surface area contributed by atoms with E-state index in [1.54, 1.807) is 35.3 Å². The van der Waals surface area contributed by atoms with Gasteiger partial charge in [-0.1, -0.05) is 0 Å². The molecule has 1 aliphatic carbocycles. The molecule has 0 unspecified atom stereocenters. The number of pyridine rings is 2. The van der Waals surface area contributed by atoms with Gasteiger partial charge in [0.25, 0.3) is 5.56 Å². The fourth-order valence-corrected chi connectivity index (χ4v) is 3.82. The van der Waals surface area contributed by atoms with Gasteiger partial charge < -0.3 is 15.1 Å². The van der Waals surface area contributed by atoms with Crippen molar-refractivity contribution in [1.82, 2.24) is 24.7 Å². The third-order valence-electron chi connectivity index (χ3n) is 5.34. The first-order valence-corrected chi connectivity index (χ1v) is 9.90. The number of nitrogens with one attached hydrogen (secondary N) is 2. The van der Waals surface area contributed by atoms with E-state index in [1.807, 2.05) is 19.1 Å². The van der Waals surface area contributed by atoms with Gasteiger partial charge in [0, 0.05) is 18.3 Å². The molecule has 1 fully saturated rings. The van der Waals surface area contributed by atoms with Crippen LogP contribution in [0.25, 0.3) is 16.7 Å². The molecule has 0 spiro atoms. The van der Waals surface area contributed by atoms with Crippen LogP contribution >= 0.6 is 0 Å². The highest BCUT2D eigenvalue weighted by Gasteiger charge is 2.25. The summed E-state index contributed by atoms with van der Waals surface area (Å²) in [7, 11) is 0. The molecule has 0 radical (unpaired) electrons. The average Bonchev–Trinajstić information content (AvgIpc) is 3.41. The number of nitrogens with zero attached hydrogens (tertiary/aromatic N) is 5. The molecule has 0 aromatic carbocycles. The van der Waals surface area contributed by atoms with Gasteiger partial charge in [-0.3, -0.25) is 9.36 Å². The highest BCUT2D eigenvalue weighted by molar-refractivity contribution is 5.75. The lowest BCUT2D eigenvalue weighted by Gasteiger charge is -2.15. The predicted molar refractivity (Wildman–Crippen MR) is 113 cm³/mol. The molecule has 4 aromatic rings. The van der Waals surface area contributed by atoms with Crippen LogP contribution < -0.4 is 16.2 Å². The van der Waals surface area contributed by atoms with Crippen LogP contribution in [0.3, 0.4) is 0 Å². The van der Waals surface area contributed by atoms with Crippen LogP contribution in [0.2, 0.25) is 0 Å². The van der Waals surface area contributed by atoms with Crippen molar-refractivity contribution in [3.63, 3.8) is 0 Å². The fraction of sp³-hybridized carbons (Fsp3) is 0.286. The smallest absolute Gasteiger partial charge is 0.266 e. The highest BCUT2D eigenvalue weighted by atomic mass is 16.3. The van der Waals surface area contributed by atoms with E-state index >= 15 is 0 Å². The summed E-state index contributed by atoms with van der Waals surface area (Å²) in [4.78, 5) is 21.4. The van der Waals surface area contributed by atoms with Gasteiger partial charge in [0.15, 0.2) is 0 Å². The van der Waals surface area contributed by atoms with E-state index in [1.165, 1.54) is 6.26 Å². The lowest BCUT2D eigenvalue weighted by atomic mass is 10.2. The predicted octanol–water partition coefficient (Wildman–Crippen LogP) is 2.92.